The van der Waals surface area contributed by atoms with Crippen LogP contribution >= 0.6 is 0 Å². The van der Waals surface area contributed by atoms with Crippen LogP contribution in [0.3, 0.4) is 0 Å². The van der Waals surface area contributed by atoms with Crippen molar-refractivity contribution in [2.45, 2.75) is 0 Å². The number of anilines is 3. The number of nitrogens with zero attached hydrogens (tertiary/aromatic N) is 2. The van der Waals surface area contributed by atoms with Gasteiger partial charge in [0, 0.05) is 42.1 Å². The number of hydrogen-bond acceptors (Lipinski definition) is 5. The molecular formula is C20H19N5O. The van der Waals surface area contributed by atoms with Crippen molar-refractivity contribution < 1.29 is 4.74 Å². The van der Waals surface area contributed by atoms with Gasteiger partial charge in [0.25, 0.3) is 0 Å². The molecular weight excluding hydrogens is 326 g/mol. The van der Waals surface area contributed by atoms with Crippen LogP contribution in [0.4, 0.5) is 17.2 Å². The number of aromatic nitrogens is 3. The zero-order valence-electron chi connectivity index (χ0n) is 14.6. The summed E-state index contributed by atoms with van der Waals surface area (Å²) >= 11 is 0. The minimum atomic E-state index is 0.580. The molecule has 0 saturated heterocycles. The van der Waals surface area contributed by atoms with E-state index in [0.29, 0.717) is 5.88 Å². The highest BCUT2D eigenvalue weighted by atomic mass is 16.5. The van der Waals surface area contributed by atoms with E-state index in [2.05, 4.69) is 43.8 Å². The van der Waals surface area contributed by atoms with Gasteiger partial charge in [-0.25, -0.2) is 9.97 Å². The maximum atomic E-state index is 5.07. The van der Waals surface area contributed by atoms with Crippen molar-refractivity contribution in [1.29, 1.82) is 0 Å². The summed E-state index contributed by atoms with van der Waals surface area (Å²) < 4.78 is 5.07. The number of hydrogen-bond donors (Lipinski definition) is 3. The smallest absolute Gasteiger partial charge is 0.213 e. The van der Waals surface area contributed by atoms with Crippen LogP contribution < -0.4 is 15.4 Å². The summed E-state index contributed by atoms with van der Waals surface area (Å²) in [6, 6.07) is 16.1. The lowest BCUT2D eigenvalue weighted by Gasteiger charge is -2.05. The number of ether oxygens (including phenoxy) is 1. The van der Waals surface area contributed by atoms with Crippen molar-refractivity contribution in [3.05, 3.63) is 60.9 Å². The number of nitrogens with one attached hydrogen (secondary N) is 3. The Kier molecular flexibility index (Phi) is 4.15. The molecule has 0 amide bonds. The van der Waals surface area contributed by atoms with Crippen molar-refractivity contribution >= 4 is 28.1 Å². The topological polar surface area (TPSA) is 74.9 Å². The first-order valence-corrected chi connectivity index (χ1v) is 8.29. The second-order valence-corrected chi connectivity index (χ2v) is 5.88. The lowest BCUT2D eigenvalue weighted by atomic mass is 10.1. The summed E-state index contributed by atoms with van der Waals surface area (Å²) in [5.41, 5.74) is 5.14. The van der Waals surface area contributed by atoms with Crippen LogP contribution in [0, 0.1) is 0 Å². The molecule has 130 valence electrons. The summed E-state index contributed by atoms with van der Waals surface area (Å²) in [6.07, 6.45) is 3.57. The van der Waals surface area contributed by atoms with Gasteiger partial charge in [-0.1, -0.05) is 12.1 Å². The van der Waals surface area contributed by atoms with Crippen LogP contribution in [0.1, 0.15) is 0 Å². The molecule has 0 aliphatic rings. The number of methoxy groups -OCH3 is 1. The van der Waals surface area contributed by atoms with E-state index in [0.717, 1.165) is 39.4 Å². The highest BCUT2D eigenvalue weighted by Gasteiger charge is 2.06. The molecule has 0 radical (unpaired) electrons. The zero-order chi connectivity index (χ0) is 17.9. The summed E-state index contributed by atoms with van der Waals surface area (Å²) in [7, 11) is 3.51. The standard InChI is InChI=1S/C20H19N5O/c1-21-15-5-3-4-13(8-15)17-9-14-11-22-19(10-18(14)25-17)24-16-6-7-20(26-2)23-12-16/h3-12,21,25H,1-2H3,(H,22,24). The summed E-state index contributed by atoms with van der Waals surface area (Å²) in [4.78, 5) is 12.1. The maximum absolute atomic E-state index is 5.07. The molecule has 3 aromatic heterocycles. The average Bonchev–Trinajstić information content (AvgIpc) is 3.12. The molecule has 0 atom stereocenters. The van der Waals surface area contributed by atoms with Crippen molar-refractivity contribution in [3.8, 4) is 17.1 Å². The van der Waals surface area contributed by atoms with E-state index in [1.807, 2.05) is 43.6 Å². The molecule has 4 rings (SSSR count). The second-order valence-electron chi connectivity index (χ2n) is 5.88. The molecule has 0 aliphatic carbocycles. The van der Waals surface area contributed by atoms with Crippen molar-refractivity contribution in [2.24, 2.45) is 0 Å². The van der Waals surface area contributed by atoms with Gasteiger partial charge in [-0.3, -0.25) is 0 Å². The lowest BCUT2D eigenvalue weighted by Crippen LogP contribution is -1.94. The fourth-order valence-corrected chi connectivity index (χ4v) is 2.81. The molecule has 26 heavy (non-hydrogen) atoms. The molecule has 6 heteroatoms. The van der Waals surface area contributed by atoms with Gasteiger partial charge >= 0.3 is 0 Å². The Balaban J connectivity index is 1.62. The van der Waals surface area contributed by atoms with Crippen molar-refractivity contribution in [2.75, 3.05) is 24.8 Å². The summed E-state index contributed by atoms with van der Waals surface area (Å²) in [6.45, 7) is 0. The predicted molar refractivity (Wildman–Crippen MR) is 105 cm³/mol. The highest BCUT2D eigenvalue weighted by molar-refractivity contribution is 5.87. The third kappa shape index (κ3) is 3.17. The van der Waals surface area contributed by atoms with E-state index in [1.54, 1.807) is 13.3 Å². The average molecular weight is 345 g/mol. The SMILES string of the molecule is CNc1cccc(-c2cc3cnc(Nc4ccc(OC)nc4)cc3[nH]2)c1. The van der Waals surface area contributed by atoms with Gasteiger partial charge in [0.15, 0.2) is 0 Å². The molecule has 3 N–H and O–H groups in total. The van der Waals surface area contributed by atoms with Crippen molar-refractivity contribution in [1.82, 2.24) is 15.0 Å². The van der Waals surface area contributed by atoms with Gasteiger partial charge in [-0.15, -0.1) is 0 Å². The fraction of sp³-hybridized carbons (Fsp3) is 0.100. The third-order valence-corrected chi connectivity index (χ3v) is 4.18. The molecule has 6 nitrogen and oxygen atoms in total. The van der Waals surface area contributed by atoms with Gasteiger partial charge in [-0.2, -0.15) is 0 Å². The minimum absolute atomic E-state index is 0.580. The Morgan fingerprint density at radius 3 is 2.65 bits per heavy atom. The Labute approximate surface area is 151 Å². The number of H-pyrrole nitrogens is 1. The van der Waals surface area contributed by atoms with Gasteiger partial charge in [-0.05, 0) is 29.8 Å². The monoisotopic (exact) mass is 345 g/mol. The molecule has 4 aromatic rings. The van der Waals surface area contributed by atoms with Crippen molar-refractivity contribution in [3.63, 3.8) is 0 Å². The molecule has 0 bridgehead atoms. The number of fused-ring (bicyclic) bond motifs is 1. The number of pyridine rings is 2. The first kappa shape index (κ1) is 16.0. The van der Waals surface area contributed by atoms with E-state index in [9.17, 15) is 0 Å². The van der Waals surface area contributed by atoms with E-state index in [1.165, 1.54) is 0 Å². The summed E-state index contributed by atoms with van der Waals surface area (Å²) in [5, 5.41) is 7.48. The summed E-state index contributed by atoms with van der Waals surface area (Å²) in [5.74, 6) is 1.33. The lowest BCUT2D eigenvalue weighted by molar-refractivity contribution is 0.398. The van der Waals surface area contributed by atoms with E-state index >= 15 is 0 Å². The maximum Gasteiger partial charge on any atom is 0.213 e. The normalized spacial score (nSPS) is 10.7. The van der Waals surface area contributed by atoms with E-state index in [-0.39, 0.29) is 0 Å². The van der Waals surface area contributed by atoms with E-state index < -0.39 is 0 Å². The zero-order valence-corrected chi connectivity index (χ0v) is 14.6. The van der Waals surface area contributed by atoms with Crippen LogP contribution in [-0.4, -0.2) is 29.1 Å². The molecule has 3 heterocycles. The molecule has 0 fully saturated rings. The van der Waals surface area contributed by atoms with Crippen LogP contribution in [-0.2, 0) is 0 Å². The first-order chi connectivity index (χ1) is 12.7. The largest absolute Gasteiger partial charge is 0.481 e. The molecule has 0 saturated carbocycles. The Morgan fingerprint density at radius 2 is 1.88 bits per heavy atom. The predicted octanol–water partition coefficient (Wildman–Crippen LogP) is 4.42. The quantitative estimate of drug-likeness (QED) is 0.499. The first-order valence-electron chi connectivity index (χ1n) is 8.29. The van der Waals surface area contributed by atoms with Gasteiger partial charge in [0.1, 0.15) is 5.82 Å². The molecule has 0 unspecified atom stereocenters. The van der Waals surface area contributed by atoms with Gasteiger partial charge in [0.2, 0.25) is 5.88 Å². The fourth-order valence-electron chi connectivity index (χ4n) is 2.81. The number of aromatic amines is 1. The highest BCUT2D eigenvalue weighted by Crippen LogP contribution is 2.27. The van der Waals surface area contributed by atoms with Crippen LogP contribution in [0.2, 0.25) is 0 Å². The van der Waals surface area contributed by atoms with Crippen LogP contribution in [0.15, 0.2) is 60.9 Å². The molecule has 1 aromatic carbocycles. The van der Waals surface area contributed by atoms with Gasteiger partial charge in [0.05, 0.1) is 24.5 Å². The Morgan fingerprint density at radius 1 is 0.962 bits per heavy atom. The van der Waals surface area contributed by atoms with Crippen LogP contribution in [0.25, 0.3) is 22.2 Å². The second kappa shape index (κ2) is 6.76. The molecule has 0 aliphatic heterocycles. The minimum Gasteiger partial charge on any atom is -0.481 e. The number of rotatable bonds is 5. The Bertz CT molecular complexity index is 1040. The van der Waals surface area contributed by atoms with Crippen LogP contribution in [0.5, 0.6) is 5.88 Å². The number of benzene rings is 1. The van der Waals surface area contributed by atoms with Gasteiger partial charge < -0.3 is 20.4 Å². The third-order valence-electron chi connectivity index (χ3n) is 4.18. The van der Waals surface area contributed by atoms with E-state index in [4.69, 9.17) is 4.74 Å². The Hall–Kier alpha value is -3.54. The molecule has 0 spiro atoms.